The summed E-state index contributed by atoms with van der Waals surface area (Å²) in [6, 6.07) is 5.26. The Balaban J connectivity index is 2.27. The molecule has 1 aromatic rings. The minimum Gasteiger partial charge on any atom is -0.327 e. The number of hydrogen-bond donors (Lipinski definition) is 1. The Labute approximate surface area is 111 Å². The summed E-state index contributed by atoms with van der Waals surface area (Å²) >= 11 is 3.41. The molecular weight excluding hydrogens is 281 g/mol. The third kappa shape index (κ3) is 2.89. The number of nitrogens with two attached hydrogens (primary N) is 1. The lowest BCUT2D eigenvalue weighted by molar-refractivity contribution is 0.278. The second-order valence-corrected chi connectivity index (χ2v) is 5.94. The maximum Gasteiger partial charge on any atom is 0.126 e. The molecule has 2 N–H and O–H groups in total. The summed E-state index contributed by atoms with van der Waals surface area (Å²) in [6.07, 6.45) is 4.38. The first-order chi connectivity index (χ1) is 8.11. The highest BCUT2D eigenvalue weighted by Crippen LogP contribution is 2.38. The van der Waals surface area contributed by atoms with Crippen molar-refractivity contribution in [1.29, 1.82) is 0 Å². The van der Waals surface area contributed by atoms with Gasteiger partial charge in [-0.2, -0.15) is 0 Å². The van der Waals surface area contributed by atoms with Crippen molar-refractivity contribution in [2.45, 2.75) is 44.6 Å². The second kappa shape index (κ2) is 5.49. The predicted octanol–water partition coefficient (Wildman–Crippen LogP) is 4.21. The van der Waals surface area contributed by atoms with Crippen molar-refractivity contribution >= 4 is 15.9 Å². The van der Waals surface area contributed by atoms with Gasteiger partial charge < -0.3 is 5.73 Å². The molecule has 0 heterocycles. The van der Waals surface area contributed by atoms with Gasteiger partial charge in [0.25, 0.3) is 0 Å². The molecule has 3 heteroatoms. The normalized spacial score (nSPS) is 29.3. The maximum absolute atomic E-state index is 13.9. The Morgan fingerprint density at radius 2 is 2.18 bits per heavy atom. The van der Waals surface area contributed by atoms with E-state index in [1.165, 1.54) is 18.9 Å². The summed E-state index contributed by atoms with van der Waals surface area (Å²) in [6.45, 7) is 2.20. The van der Waals surface area contributed by atoms with E-state index in [9.17, 15) is 4.39 Å². The van der Waals surface area contributed by atoms with Crippen molar-refractivity contribution in [2.24, 2.45) is 11.7 Å². The standard InChI is InChI=1S/C14H19BrFN/c1-2-9-3-6-14(17)12(7-9)11-8-10(15)4-5-13(11)16/h4-5,8-9,12,14H,2-3,6-7,17H2,1H3. The first kappa shape index (κ1) is 13.0. The zero-order valence-corrected chi connectivity index (χ0v) is 11.7. The van der Waals surface area contributed by atoms with Crippen LogP contribution in [0.2, 0.25) is 0 Å². The van der Waals surface area contributed by atoms with Crippen LogP contribution in [-0.2, 0) is 0 Å². The lowest BCUT2D eigenvalue weighted by Gasteiger charge is -2.34. The number of rotatable bonds is 2. The molecule has 1 aliphatic carbocycles. The van der Waals surface area contributed by atoms with E-state index in [1.54, 1.807) is 6.07 Å². The first-order valence-corrected chi connectivity index (χ1v) is 7.11. The molecule has 0 aromatic heterocycles. The minimum atomic E-state index is -0.120. The predicted molar refractivity (Wildman–Crippen MR) is 72.4 cm³/mol. The van der Waals surface area contributed by atoms with Gasteiger partial charge in [0.15, 0.2) is 0 Å². The van der Waals surface area contributed by atoms with Gasteiger partial charge in [-0.05, 0) is 48.9 Å². The quantitative estimate of drug-likeness (QED) is 0.870. The Hall–Kier alpha value is -0.410. The summed E-state index contributed by atoms with van der Waals surface area (Å²) in [5.41, 5.74) is 6.95. The van der Waals surface area contributed by atoms with Gasteiger partial charge >= 0.3 is 0 Å². The molecule has 17 heavy (non-hydrogen) atoms. The largest absolute Gasteiger partial charge is 0.327 e. The van der Waals surface area contributed by atoms with Gasteiger partial charge in [0, 0.05) is 16.4 Å². The van der Waals surface area contributed by atoms with Crippen LogP contribution in [0.25, 0.3) is 0 Å². The average molecular weight is 300 g/mol. The van der Waals surface area contributed by atoms with E-state index in [0.29, 0.717) is 5.92 Å². The highest BCUT2D eigenvalue weighted by molar-refractivity contribution is 9.10. The second-order valence-electron chi connectivity index (χ2n) is 5.02. The van der Waals surface area contributed by atoms with Crippen molar-refractivity contribution in [2.75, 3.05) is 0 Å². The molecule has 1 aromatic carbocycles. The van der Waals surface area contributed by atoms with E-state index < -0.39 is 0 Å². The van der Waals surface area contributed by atoms with E-state index in [2.05, 4.69) is 22.9 Å². The molecule has 0 radical (unpaired) electrons. The summed E-state index contributed by atoms with van der Waals surface area (Å²) in [4.78, 5) is 0. The maximum atomic E-state index is 13.9. The third-order valence-electron chi connectivity index (χ3n) is 3.95. The van der Waals surface area contributed by atoms with Crippen LogP contribution < -0.4 is 5.73 Å². The molecule has 1 nitrogen and oxygen atoms in total. The molecule has 1 fully saturated rings. The van der Waals surface area contributed by atoms with Gasteiger partial charge in [-0.25, -0.2) is 4.39 Å². The summed E-state index contributed by atoms with van der Waals surface area (Å²) < 4.78 is 14.8. The lowest BCUT2D eigenvalue weighted by Crippen LogP contribution is -2.35. The van der Waals surface area contributed by atoms with Gasteiger partial charge in [0.2, 0.25) is 0 Å². The molecule has 0 aliphatic heterocycles. The highest BCUT2D eigenvalue weighted by Gasteiger charge is 2.30. The van der Waals surface area contributed by atoms with Crippen molar-refractivity contribution < 1.29 is 4.39 Å². The fourth-order valence-corrected chi connectivity index (χ4v) is 3.19. The Kier molecular flexibility index (Phi) is 4.21. The molecule has 1 aliphatic rings. The SMILES string of the molecule is CCC1CCC(N)C(c2cc(Br)ccc2F)C1. The van der Waals surface area contributed by atoms with Crippen molar-refractivity contribution in [3.63, 3.8) is 0 Å². The molecule has 2 rings (SSSR count). The van der Waals surface area contributed by atoms with Crippen molar-refractivity contribution in [1.82, 2.24) is 0 Å². The van der Waals surface area contributed by atoms with E-state index in [1.807, 2.05) is 6.07 Å². The van der Waals surface area contributed by atoms with Crippen LogP contribution in [0.3, 0.4) is 0 Å². The molecule has 0 amide bonds. The van der Waals surface area contributed by atoms with Crippen LogP contribution in [0, 0.1) is 11.7 Å². The van der Waals surface area contributed by atoms with Crippen molar-refractivity contribution in [3.8, 4) is 0 Å². The van der Waals surface area contributed by atoms with E-state index >= 15 is 0 Å². The van der Waals surface area contributed by atoms with Crippen LogP contribution in [0.4, 0.5) is 4.39 Å². The van der Waals surface area contributed by atoms with Gasteiger partial charge in [0.05, 0.1) is 0 Å². The molecule has 0 bridgehead atoms. The fourth-order valence-electron chi connectivity index (χ4n) is 2.81. The summed E-state index contributed by atoms with van der Waals surface area (Å²) in [5, 5.41) is 0. The molecule has 0 spiro atoms. The van der Waals surface area contributed by atoms with Crippen LogP contribution in [0.5, 0.6) is 0 Å². The van der Waals surface area contributed by atoms with Gasteiger partial charge in [0.1, 0.15) is 5.82 Å². The van der Waals surface area contributed by atoms with Crippen molar-refractivity contribution in [3.05, 3.63) is 34.1 Å². The van der Waals surface area contributed by atoms with Gasteiger partial charge in [-0.1, -0.05) is 29.3 Å². The topological polar surface area (TPSA) is 26.0 Å². The molecule has 3 unspecified atom stereocenters. The van der Waals surface area contributed by atoms with Crippen LogP contribution in [0.15, 0.2) is 22.7 Å². The Bertz CT molecular complexity index is 394. The molecule has 3 atom stereocenters. The van der Waals surface area contributed by atoms with Gasteiger partial charge in [-0.15, -0.1) is 0 Å². The van der Waals surface area contributed by atoms with Crippen LogP contribution in [0.1, 0.15) is 44.1 Å². The smallest absolute Gasteiger partial charge is 0.126 e. The van der Waals surface area contributed by atoms with E-state index in [-0.39, 0.29) is 17.8 Å². The van der Waals surface area contributed by atoms with Crippen LogP contribution in [-0.4, -0.2) is 6.04 Å². The van der Waals surface area contributed by atoms with E-state index in [0.717, 1.165) is 22.9 Å². The Morgan fingerprint density at radius 3 is 2.88 bits per heavy atom. The number of hydrogen-bond acceptors (Lipinski definition) is 1. The minimum absolute atomic E-state index is 0.0987. The van der Waals surface area contributed by atoms with E-state index in [4.69, 9.17) is 5.73 Å². The van der Waals surface area contributed by atoms with Crippen LogP contribution >= 0.6 is 15.9 Å². The zero-order valence-electron chi connectivity index (χ0n) is 10.1. The third-order valence-corrected chi connectivity index (χ3v) is 4.44. The molecule has 1 saturated carbocycles. The molecular formula is C14H19BrFN. The zero-order chi connectivity index (χ0) is 12.4. The average Bonchev–Trinajstić information content (AvgIpc) is 2.33. The molecule has 94 valence electrons. The van der Waals surface area contributed by atoms with Gasteiger partial charge in [-0.3, -0.25) is 0 Å². The number of benzene rings is 1. The molecule has 0 saturated heterocycles. The Morgan fingerprint density at radius 1 is 1.41 bits per heavy atom. The number of halogens is 2. The monoisotopic (exact) mass is 299 g/mol. The fraction of sp³-hybridized carbons (Fsp3) is 0.571. The summed E-state index contributed by atoms with van der Waals surface area (Å²) in [5.74, 6) is 0.745. The highest BCUT2D eigenvalue weighted by atomic mass is 79.9. The first-order valence-electron chi connectivity index (χ1n) is 6.32. The summed E-state index contributed by atoms with van der Waals surface area (Å²) in [7, 11) is 0. The lowest BCUT2D eigenvalue weighted by atomic mass is 9.74.